The van der Waals surface area contributed by atoms with Crippen LogP contribution >= 0.6 is 11.6 Å². The molecule has 0 atom stereocenters. The van der Waals surface area contributed by atoms with Crippen molar-refractivity contribution in [3.8, 4) is 11.5 Å². The van der Waals surface area contributed by atoms with Crippen LogP contribution in [0.15, 0.2) is 30.5 Å². The number of aromatic nitrogens is 2. The third-order valence-corrected chi connectivity index (χ3v) is 3.15. The number of benzene rings is 1. The van der Waals surface area contributed by atoms with E-state index in [2.05, 4.69) is 5.10 Å². The van der Waals surface area contributed by atoms with Crippen molar-refractivity contribution < 1.29 is 14.3 Å². The van der Waals surface area contributed by atoms with Gasteiger partial charge in [-0.3, -0.25) is 9.48 Å². The summed E-state index contributed by atoms with van der Waals surface area (Å²) in [5.41, 5.74) is 0.953. The molecule has 0 N–H and O–H groups in total. The average Bonchev–Trinajstić information content (AvgIpc) is 2.83. The summed E-state index contributed by atoms with van der Waals surface area (Å²) < 4.78 is 11.9. The molecule has 5 nitrogen and oxygen atoms in total. The number of carbonyl (C=O) groups is 1. The molecule has 2 aromatic rings. The van der Waals surface area contributed by atoms with Crippen molar-refractivity contribution in [2.75, 3.05) is 14.2 Å². The minimum Gasteiger partial charge on any atom is -0.497 e. The number of ether oxygens (including phenoxy) is 2. The van der Waals surface area contributed by atoms with E-state index in [-0.39, 0.29) is 11.5 Å². The predicted molar refractivity (Wildman–Crippen MR) is 81.1 cm³/mol. The fourth-order valence-electron chi connectivity index (χ4n) is 1.84. The van der Waals surface area contributed by atoms with E-state index >= 15 is 0 Å². The molecule has 0 aliphatic heterocycles. The van der Waals surface area contributed by atoms with Crippen LogP contribution in [-0.2, 0) is 7.05 Å². The van der Waals surface area contributed by atoms with E-state index in [9.17, 15) is 4.79 Å². The van der Waals surface area contributed by atoms with Crippen LogP contribution in [0.5, 0.6) is 11.5 Å². The van der Waals surface area contributed by atoms with Crippen molar-refractivity contribution in [2.24, 2.45) is 7.05 Å². The minimum absolute atomic E-state index is 0.220. The second-order valence-electron chi connectivity index (χ2n) is 4.30. The molecule has 0 bridgehead atoms. The zero-order valence-corrected chi connectivity index (χ0v) is 12.7. The summed E-state index contributed by atoms with van der Waals surface area (Å²) in [6.45, 7) is 0. The molecule has 0 saturated carbocycles. The largest absolute Gasteiger partial charge is 0.497 e. The average molecular weight is 307 g/mol. The first kappa shape index (κ1) is 15.1. The van der Waals surface area contributed by atoms with Gasteiger partial charge in [-0.25, -0.2) is 0 Å². The number of hydrogen-bond acceptors (Lipinski definition) is 4. The molecule has 6 heteroatoms. The predicted octanol–water partition coefficient (Wildman–Crippen LogP) is 2.99. The second-order valence-corrected chi connectivity index (χ2v) is 4.71. The molecule has 1 heterocycles. The van der Waals surface area contributed by atoms with Crippen molar-refractivity contribution in [3.63, 3.8) is 0 Å². The van der Waals surface area contributed by atoms with Gasteiger partial charge < -0.3 is 9.47 Å². The number of hydrogen-bond donors (Lipinski definition) is 0. The highest BCUT2D eigenvalue weighted by molar-refractivity contribution is 6.34. The third-order valence-electron chi connectivity index (χ3n) is 2.87. The number of nitrogens with zero attached hydrogens (tertiary/aromatic N) is 2. The van der Waals surface area contributed by atoms with E-state index in [1.54, 1.807) is 51.7 Å². The highest BCUT2D eigenvalue weighted by Gasteiger charge is 2.12. The molecule has 0 amide bonds. The van der Waals surface area contributed by atoms with Gasteiger partial charge in [0.1, 0.15) is 11.5 Å². The molecule has 0 saturated heterocycles. The van der Waals surface area contributed by atoms with Crippen molar-refractivity contribution in [1.29, 1.82) is 0 Å². The van der Waals surface area contributed by atoms with Crippen LogP contribution in [0.3, 0.4) is 0 Å². The Morgan fingerprint density at radius 2 is 2.10 bits per heavy atom. The minimum atomic E-state index is -0.273. The zero-order chi connectivity index (χ0) is 15.4. The summed E-state index contributed by atoms with van der Waals surface area (Å²) in [5, 5.41) is 4.35. The monoisotopic (exact) mass is 306 g/mol. The summed E-state index contributed by atoms with van der Waals surface area (Å²) in [5.74, 6) is 1.05. The Balaban J connectivity index is 2.28. The highest BCUT2D eigenvalue weighted by Crippen LogP contribution is 2.25. The van der Waals surface area contributed by atoms with Crippen LogP contribution in [-0.4, -0.2) is 29.8 Å². The summed E-state index contributed by atoms with van der Waals surface area (Å²) >= 11 is 5.95. The molecule has 0 spiro atoms. The Kier molecular flexibility index (Phi) is 4.65. The van der Waals surface area contributed by atoms with Gasteiger partial charge in [0.05, 0.1) is 19.2 Å². The summed E-state index contributed by atoms with van der Waals surface area (Å²) in [4.78, 5) is 12.1. The molecule has 0 unspecified atom stereocenters. The van der Waals surface area contributed by atoms with Gasteiger partial charge in [0.15, 0.2) is 5.69 Å². The molecular weight excluding hydrogens is 292 g/mol. The van der Waals surface area contributed by atoms with E-state index in [0.717, 1.165) is 5.56 Å². The Morgan fingerprint density at radius 3 is 2.67 bits per heavy atom. The number of ketones is 1. The van der Waals surface area contributed by atoms with Crippen LogP contribution in [0.25, 0.3) is 6.08 Å². The topological polar surface area (TPSA) is 53.4 Å². The first-order chi connectivity index (χ1) is 10.0. The molecular formula is C15H15ClN2O3. The Hall–Kier alpha value is -2.27. The lowest BCUT2D eigenvalue weighted by Gasteiger charge is -2.06. The summed E-state index contributed by atoms with van der Waals surface area (Å²) in [7, 11) is 4.85. The van der Waals surface area contributed by atoms with Crippen LogP contribution in [0, 0.1) is 0 Å². The number of carbonyl (C=O) groups excluding carboxylic acids is 1. The fourth-order valence-corrected chi connectivity index (χ4v) is 2.11. The molecule has 1 aromatic carbocycles. The molecule has 0 fully saturated rings. The van der Waals surface area contributed by atoms with Gasteiger partial charge in [-0.15, -0.1) is 0 Å². The number of rotatable bonds is 5. The van der Waals surface area contributed by atoms with Crippen molar-refractivity contribution in [1.82, 2.24) is 9.78 Å². The van der Waals surface area contributed by atoms with Gasteiger partial charge in [-0.05, 0) is 30.4 Å². The summed E-state index contributed by atoms with van der Waals surface area (Å²) in [6.07, 6.45) is 4.63. The van der Waals surface area contributed by atoms with Gasteiger partial charge in [0, 0.05) is 18.8 Å². The number of halogens is 1. The van der Waals surface area contributed by atoms with E-state index in [1.165, 1.54) is 10.8 Å². The molecule has 21 heavy (non-hydrogen) atoms. The maximum Gasteiger partial charge on any atom is 0.207 e. The van der Waals surface area contributed by atoms with Crippen LogP contribution in [0.4, 0.5) is 0 Å². The standard InChI is InChI=1S/C15H15ClN2O3/c1-18-9-12(16)15(17-18)13(19)6-4-10-8-11(20-2)5-7-14(10)21-3/h4-9H,1-3H3/b6-4+. The lowest BCUT2D eigenvalue weighted by atomic mass is 10.1. The smallest absolute Gasteiger partial charge is 0.207 e. The van der Waals surface area contributed by atoms with E-state index in [4.69, 9.17) is 21.1 Å². The lowest BCUT2D eigenvalue weighted by molar-refractivity contribution is 0.104. The zero-order valence-electron chi connectivity index (χ0n) is 12.0. The lowest BCUT2D eigenvalue weighted by Crippen LogP contribution is -1.98. The third kappa shape index (κ3) is 3.44. The Bertz CT molecular complexity index is 692. The Labute approximate surface area is 127 Å². The molecule has 110 valence electrons. The first-order valence-electron chi connectivity index (χ1n) is 6.18. The molecule has 0 aliphatic rings. The quantitative estimate of drug-likeness (QED) is 0.629. The van der Waals surface area contributed by atoms with Crippen LogP contribution in [0.1, 0.15) is 16.1 Å². The van der Waals surface area contributed by atoms with E-state index in [1.807, 2.05) is 0 Å². The summed E-state index contributed by atoms with van der Waals surface area (Å²) in [6, 6.07) is 5.34. The van der Waals surface area contributed by atoms with Crippen LogP contribution in [0.2, 0.25) is 5.02 Å². The van der Waals surface area contributed by atoms with E-state index in [0.29, 0.717) is 16.5 Å². The maximum atomic E-state index is 12.1. The van der Waals surface area contributed by atoms with Crippen molar-refractivity contribution >= 4 is 23.5 Å². The number of aryl methyl sites for hydroxylation is 1. The number of methoxy groups -OCH3 is 2. The molecule has 0 aliphatic carbocycles. The van der Waals surface area contributed by atoms with Gasteiger partial charge in [0.2, 0.25) is 5.78 Å². The first-order valence-corrected chi connectivity index (χ1v) is 6.56. The molecule has 0 radical (unpaired) electrons. The second kappa shape index (κ2) is 6.45. The fraction of sp³-hybridized carbons (Fsp3) is 0.200. The van der Waals surface area contributed by atoms with Crippen molar-refractivity contribution in [2.45, 2.75) is 0 Å². The normalized spacial score (nSPS) is 10.9. The SMILES string of the molecule is COc1ccc(OC)c(/C=C/C(=O)c2nn(C)cc2Cl)c1. The molecule has 2 rings (SSSR count). The van der Waals surface area contributed by atoms with Crippen LogP contribution < -0.4 is 9.47 Å². The van der Waals surface area contributed by atoms with E-state index < -0.39 is 0 Å². The van der Waals surface area contributed by atoms with Gasteiger partial charge in [-0.2, -0.15) is 5.10 Å². The van der Waals surface area contributed by atoms with Crippen molar-refractivity contribution in [3.05, 3.63) is 46.8 Å². The Morgan fingerprint density at radius 1 is 1.33 bits per heavy atom. The van der Waals surface area contributed by atoms with Gasteiger partial charge in [-0.1, -0.05) is 11.6 Å². The van der Waals surface area contributed by atoms with Gasteiger partial charge in [0.25, 0.3) is 0 Å². The number of allylic oxidation sites excluding steroid dienone is 1. The maximum absolute atomic E-state index is 12.1. The molecule has 1 aromatic heterocycles. The highest BCUT2D eigenvalue weighted by atomic mass is 35.5. The van der Waals surface area contributed by atoms with Gasteiger partial charge >= 0.3 is 0 Å².